The van der Waals surface area contributed by atoms with Crippen LogP contribution < -0.4 is 0 Å². The van der Waals surface area contributed by atoms with Gasteiger partial charge in [0, 0.05) is 34.6 Å². The second kappa shape index (κ2) is 10.5. The molecule has 1 aliphatic rings. The fourth-order valence-electron chi connectivity index (χ4n) is 3.06. The standard InChI is InChI=1S/C17H24O13S/c1-7(18)25-12-13(26-8(2)19)15(28-10(4)21)17(30-31(6,23)24)16(29-11(5)22)14(12)27-9(3)20/h12-17H,1-6H3/t12-,13+,14?,15?,16?,17+/m0/s1. The average molecular weight is 468 g/mol. The minimum atomic E-state index is -4.28. The summed E-state index contributed by atoms with van der Waals surface area (Å²) >= 11 is 0. The Labute approximate surface area is 178 Å². The lowest BCUT2D eigenvalue weighted by atomic mass is 9.84. The Morgan fingerprint density at radius 3 is 0.839 bits per heavy atom. The molecule has 0 bridgehead atoms. The first-order valence-corrected chi connectivity index (χ1v) is 10.7. The lowest BCUT2D eigenvalue weighted by molar-refractivity contribution is -0.251. The van der Waals surface area contributed by atoms with Gasteiger partial charge in [0.05, 0.1) is 6.26 Å². The molecule has 1 aliphatic carbocycles. The molecule has 0 aromatic carbocycles. The SMILES string of the molecule is CC(=O)OC1C(OC(C)=O)[C@@H](OC(C)=O)[C@@H](OC(C)=O)C(OC(C)=O)[C@H]1OS(C)(=O)=O. The van der Waals surface area contributed by atoms with Gasteiger partial charge in [0.2, 0.25) is 0 Å². The summed E-state index contributed by atoms with van der Waals surface area (Å²) in [6, 6.07) is 0. The minimum absolute atomic E-state index is 0.669. The van der Waals surface area contributed by atoms with E-state index in [0.29, 0.717) is 6.26 Å². The number of rotatable bonds is 7. The Morgan fingerprint density at radius 2 is 0.677 bits per heavy atom. The lowest BCUT2D eigenvalue weighted by Crippen LogP contribution is -2.68. The quantitative estimate of drug-likeness (QED) is 0.253. The molecule has 0 aliphatic heterocycles. The second-order valence-electron chi connectivity index (χ2n) is 6.64. The van der Waals surface area contributed by atoms with Gasteiger partial charge in [0.25, 0.3) is 10.1 Å². The topological polar surface area (TPSA) is 175 Å². The molecule has 0 heterocycles. The van der Waals surface area contributed by atoms with Gasteiger partial charge in [-0.2, -0.15) is 8.42 Å². The van der Waals surface area contributed by atoms with E-state index < -0.39 is 76.6 Å². The van der Waals surface area contributed by atoms with Crippen molar-refractivity contribution in [3.8, 4) is 0 Å². The van der Waals surface area contributed by atoms with Crippen LogP contribution in [0, 0.1) is 0 Å². The highest BCUT2D eigenvalue weighted by molar-refractivity contribution is 7.86. The second-order valence-corrected chi connectivity index (χ2v) is 8.24. The molecule has 0 aromatic heterocycles. The summed E-state index contributed by atoms with van der Waals surface area (Å²) in [5, 5.41) is 0. The molecule has 3 unspecified atom stereocenters. The fraction of sp³-hybridized carbons (Fsp3) is 0.706. The maximum absolute atomic E-state index is 11.9. The van der Waals surface area contributed by atoms with Crippen LogP contribution in [0.25, 0.3) is 0 Å². The fourth-order valence-corrected chi connectivity index (χ4v) is 3.68. The summed E-state index contributed by atoms with van der Waals surface area (Å²) in [6.07, 6.45) is -9.58. The van der Waals surface area contributed by atoms with E-state index in [1.807, 2.05) is 0 Å². The Kier molecular flexibility index (Phi) is 8.93. The van der Waals surface area contributed by atoms with Crippen molar-refractivity contribution in [1.82, 2.24) is 0 Å². The Morgan fingerprint density at radius 1 is 0.484 bits per heavy atom. The van der Waals surface area contributed by atoms with Crippen LogP contribution in [-0.2, 0) is 62.0 Å². The van der Waals surface area contributed by atoms with Gasteiger partial charge < -0.3 is 23.7 Å². The maximum Gasteiger partial charge on any atom is 0.303 e. The van der Waals surface area contributed by atoms with Crippen molar-refractivity contribution in [1.29, 1.82) is 0 Å². The third-order valence-corrected chi connectivity index (χ3v) is 4.31. The molecule has 1 rings (SSSR count). The molecule has 0 spiro atoms. The summed E-state index contributed by atoms with van der Waals surface area (Å²) in [4.78, 5) is 58.5. The Bertz CT molecular complexity index is 789. The molecule has 0 saturated heterocycles. The number of carbonyl (C=O) groups is 5. The largest absolute Gasteiger partial charge is 0.455 e. The molecule has 0 N–H and O–H groups in total. The van der Waals surface area contributed by atoms with Crippen LogP contribution in [0.15, 0.2) is 0 Å². The molecule has 6 atom stereocenters. The molecular weight excluding hydrogens is 444 g/mol. The molecule has 0 radical (unpaired) electrons. The van der Waals surface area contributed by atoms with E-state index >= 15 is 0 Å². The number of ether oxygens (including phenoxy) is 5. The lowest BCUT2D eigenvalue weighted by Gasteiger charge is -2.46. The van der Waals surface area contributed by atoms with E-state index in [-0.39, 0.29) is 0 Å². The van der Waals surface area contributed by atoms with E-state index in [1.165, 1.54) is 0 Å². The number of carbonyl (C=O) groups excluding carboxylic acids is 5. The molecule has 31 heavy (non-hydrogen) atoms. The molecule has 0 aromatic rings. The molecule has 0 amide bonds. The van der Waals surface area contributed by atoms with E-state index in [1.54, 1.807) is 0 Å². The first-order chi connectivity index (χ1) is 14.1. The van der Waals surface area contributed by atoms with Crippen molar-refractivity contribution < 1.29 is 60.3 Å². The third kappa shape index (κ3) is 8.13. The van der Waals surface area contributed by atoms with Crippen molar-refractivity contribution in [3.05, 3.63) is 0 Å². The zero-order chi connectivity index (χ0) is 24.1. The van der Waals surface area contributed by atoms with Gasteiger partial charge in [-0.25, -0.2) is 0 Å². The molecule has 1 fully saturated rings. The summed E-state index contributed by atoms with van der Waals surface area (Å²) < 4.78 is 54.3. The predicted molar refractivity (Wildman–Crippen MR) is 97.5 cm³/mol. The van der Waals surface area contributed by atoms with Gasteiger partial charge in [-0.05, 0) is 0 Å². The van der Waals surface area contributed by atoms with Gasteiger partial charge in [-0.15, -0.1) is 0 Å². The van der Waals surface area contributed by atoms with Crippen LogP contribution in [0.1, 0.15) is 34.6 Å². The number of hydrogen-bond acceptors (Lipinski definition) is 13. The zero-order valence-corrected chi connectivity index (χ0v) is 18.5. The number of hydrogen-bond donors (Lipinski definition) is 0. The van der Waals surface area contributed by atoms with Crippen molar-refractivity contribution >= 4 is 40.0 Å². The van der Waals surface area contributed by atoms with Crippen molar-refractivity contribution in [2.75, 3.05) is 6.26 Å². The molecule has 14 heteroatoms. The average Bonchev–Trinajstić information content (AvgIpc) is 2.54. The first-order valence-electron chi connectivity index (χ1n) is 8.86. The van der Waals surface area contributed by atoms with E-state index in [0.717, 1.165) is 34.6 Å². The van der Waals surface area contributed by atoms with Crippen LogP contribution in [0.4, 0.5) is 0 Å². The van der Waals surface area contributed by atoms with Crippen LogP contribution in [-0.4, -0.2) is 81.1 Å². The van der Waals surface area contributed by atoms with Gasteiger partial charge in [0.1, 0.15) is 0 Å². The summed E-state index contributed by atoms with van der Waals surface area (Å²) in [5.74, 6) is -4.66. The summed E-state index contributed by atoms with van der Waals surface area (Å²) in [7, 11) is -4.28. The maximum atomic E-state index is 11.9. The molecule has 1 saturated carbocycles. The van der Waals surface area contributed by atoms with E-state index in [4.69, 9.17) is 27.9 Å². The molecule has 13 nitrogen and oxygen atoms in total. The summed E-state index contributed by atoms with van der Waals surface area (Å²) in [6.45, 7) is 4.92. The van der Waals surface area contributed by atoms with Gasteiger partial charge >= 0.3 is 29.8 Å². The van der Waals surface area contributed by atoms with Crippen LogP contribution >= 0.6 is 0 Å². The summed E-state index contributed by atoms with van der Waals surface area (Å²) in [5.41, 5.74) is 0. The van der Waals surface area contributed by atoms with Crippen LogP contribution in [0.5, 0.6) is 0 Å². The predicted octanol–water partition coefficient (Wildman–Crippen LogP) is -0.997. The normalized spacial score (nSPS) is 28.1. The minimum Gasteiger partial charge on any atom is -0.455 e. The molecule has 176 valence electrons. The third-order valence-electron chi connectivity index (χ3n) is 3.74. The highest BCUT2D eigenvalue weighted by Crippen LogP contribution is 2.35. The smallest absolute Gasteiger partial charge is 0.303 e. The van der Waals surface area contributed by atoms with Gasteiger partial charge in [0.15, 0.2) is 36.6 Å². The van der Waals surface area contributed by atoms with Crippen LogP contribution in [0.2, 0.25) is 0 Å². The van der Waals surface area contributed by atoms with Crippen molar-refractivity contribution in [2.45, 2.75) is 71.2 Å². The highest BCUT2D eigenvalue weighted by Gasteiger charge is 2.60. The molecular formula is C17H24O13S. The van der Waals surface area contributed by atoms with Crippen molar-refractivity contribution in [3.63, 3.8) is 0 Å². The first kappa shape index (κ1) is 26.3. The van der Waals surface area contributed by atoms with Crippen molar-refractivity contribution in [2.24, 2.45) is 0 Å². The monoisotopic (exact) mass is 468 g/mol. The van der Waals surface area contributed by atoms with Gasteiger partial charge in [-0.3, -0.25) is 28.2 Å². The van der Waals surface area contributed by atoms with E-state index in [2.05, 4.69) is 0 Å². The van der Waals surface area contributed by atoms with E-state index in [9.17, 15) is 32.4 Å². The van der Waals surface area contributed by atoms with Gasteiger partial charge in [-0.1, -0.05) is 0 Å². The zero-order valence-electron chi connectivity index (χ0n) is 17.7. The Hall–Kier alpha value is -2.74. The highest BCUT2D eigenvalue weighted by atomic mass is 32.2. The van der Waals surface area contributed by atoms with Crippen LogP contribution in [0.3, 0.4) is 0 Å². The number of esters is 5. The Balaban J connectivity index is 3.74.